The van der Waals surface area contributed by atoms with E-state index in [4.69, 9.17) is 17.3 Å². The lowest BCUT2D eigenvalue weighted by Crippen LogP contribution is -1.99. The van der Waals surface area contributed by atoms with Crippen molar-refractivity contribution in [1.82, 2.24) is 0 Å². The SMILES string of the molecule is C=CCCc1c(CCl)ccc(O)c1N. The van der Waals surface area contributed by atoms with E-state index in [9.17, 15) is 5.11 Å². The van der Waals surface area contributed by atoms with Gasteiger partial charge in [0.05, 0.1) is 5.69 Å². The molecule has 0 amide bonds. The minimum absolute atomic E-state index is 0.123. The van der Waals surface area contributed by atoms with Gasteiger partial charge in [-0.3, -0.25) is 0 Å². The van der Waals surface area contributed by atoms with Crippen LogP contribution in [0.2, 0.25) is 0 Å². The number of benzene rings is 1. The van der Waals surface area contributed by atoms with Crippen LogP contribution in [0.25, 0.3) is 0 Å². The molecule has 0 unspecified atom stereocenters. The Morgan fingerprint density at radius 2 is 2.21 bits per heavy atom. The van der Waals surface area contributed by atoms with Crippen molar-refractivity contribution in [2.75, 3.05) is 5.73 Å². The maximum Gasteiger partial charge on any atom is 0.138 e. The summed E-state index contributed by atoms with van der Waals surface area (Å²) in [5.74, 6) is 0.537. The first-order valence-electron chi connectivity index (χ1n) is 4.46. The molecular weight excluding hydrogens is 198 g/mol. The van der Waals surface area contributed by atoms with E-state index in [-0.39, 0.29) is 5.75 Å². The van der Waals surface area contributed by atoms with Crippen LogP contribution >= 0.6 is 11.6 Å². The number of rotatable bonds is 4. The molecule has 3 N–H and O–H groups in total. The van der Waals surface area contributed by atoms with Crippen molar-refractivity contribution in [3.63, 3.8) is 0 Å². The van der Waals surface area contributed by atoms with Gasteiger partial charge in [-0.15, -0.1) is 18.2 Å². The Hall–Kier alpha value is -1.15. The van der Waals surface area contributed by atoms with Crippen LogP contribution in [0.15, 0.2) is 24.8 Å². The summed E-state index contributed by atoms with van der Waals surface area (Å²) in [5.41, 5.74) is 8.10. The van der Waals surface area contributed by atoms with Crippen LogP contribution in [0.4, 0.5) is 5.69 Å². The Labute approximate surface area is 89.0 Å². The molecule has 0 atom stereocenters. The number of nitrogen functional groups attached to an aromatic ring is 1. The normalized spacial score (nSPS) is 10.1. The first-order chi connectivity index (χ1) is 6.70. The van der Waals surface area contributed by atoms with Gasteiger partial charge in [0.2, 0.25) is 0 Å². The van der Waals surface area contributed by atoms with Crippen LogP contribution in [0, 0.1) is 0 Å². The number of hydrogen-bond acceptors (Lipinski definition) is 2. The van der Waals surface area contributed by atoms with Crippen LogP contribution in [-0.2, 0) is 12.3 Å². The van der Waals surface area contributed by atoms with Gasteiger partial charge < -0.3 is 10.8 Å². The van der Waals surface area contributed by atoms with E-state index >= 15 is 0 Å². The summed E-state index contributed by atoms with van der Waals surface area (Å²) in [4.78, 5) is 0. The molecule has 14 heavy (non-hydrogen) atoms. The smallest absolute Gasteiger partial charge is 0.138 e. The van der Waals surface area contributed by atoms with Crippen LogP contribution in [0.3, 0.4) is 0 Å². The fraction of sp³-hybridized carbons (Fsp3) is 0.273. The topological polar surface area (TPSA) is 46.2 Å². The van der Waals surface area contributed by atoms with E-state index in [1.165, 1.54) is 0 Å². The molecule has 0 aliphatic carbocycles. The number of alkyl halides is 1. The second-order valence-electron chi connectivity index (χ2n) is 3.10. The predicted molar refractivity (Wildman–Crippen MR) is 60.6 cm³/mol. The number of phenolic OH excluding ortho intramolecular Hbond substituents is 1. The highest BCUT2D eigenvalue weighted by atomic mass is 35.5. The molecule has 2 nitrogen and oxygen atoms in total. The molecule has 0 aliphatic rings. The van der Waals surface area contributed by atoms with Gasteiger partial charge in [-0.2, -0.15) is 0 Å². The molecule has 0 heterocycles. The predicted octanol–water partition coefficient (Wildman–Crippen LogP) is 2.83. The van der Waals surface area contributed by atoms with Gasteiger partial charge in [0, 0.05) is 5.88 Å². The van der Waals surface area contributed by atoms with Crippen molar-refractivity contribution in [2.45, 2.75) is 18.7 Å². The van der Waals surface area contributed by atoms with Crippen molar-refractivity contribution < 1.29 is 5.11 Å². The molecule has 1 rings (SSSR count). The average molecular weight is 212 g/mol. The van der Waals surface area contributed by atoms with Crippen LogP contribution < -0.4 is 5.73 Å². The molecule has 1 aromatic rings. The zero-order valence-electron chi connectivity index (χ0n) is 7.96. The first-order valence-corrected chi connectivity index (χ1v) is 5.00. The van der Waals surface area contributed by atoms with E-state index in [0.717, 1.165) is 24.0 Å². The molecule has 0 aliphatic heterocycles. The van der Waals surface area contributed by atoms with E-state index in [2.05, 4.69) is 6.58 Å². The Morgan fingerprint density at radius 3 is 2.79 bits per heavy atom. The number of anilines is 1. The lowest BCUT2D eigenvalue weighted by molar-refractivity contribution is 0.477. The van der Waals surface area contributed by atoms with E-state index < -0.39 is 0 Å². The summed E-state index contributed by atoms with van der Waals surface area (Å²) in [6.45, 7) is 3.65. The Kier molecular flexibility index (Phi) is 3.84. The Bertz CT molecular complexity index is 336. The van der Waals surface area contributed by atoms with Gasteiger partial charge in [0.15, 0.2) is 0 Å². The van der Waals surface area contributed by atoms with Crippen LogP contribution in [0.5, 0.6) is 5.75 Å². The summed E-state index contributed by atoms with van der Waals surface area (Å²) in [5, 5.41) is 9.43. The molecule has 0 radical (unpaired) electrons. The largest absolute Gasteiger partial charge is 0.506 e. The Morgan fingerprint density at radius 1 is 1.50 bits per heavy atom. The minimum atomic E-state index is 0.123. The monoisotopic (exact) mass is 211 g/mol. The molecule has 0 saturated carbocycles. The van der Waals surface area contributed by atoms with Gasteiger partial charge in [-0.25, -0.2) is 0 Å². The minimum Gasteiger partial charge on any atom is -0.506 e. The van der Waals surface area contributed by atoms with E-state index in [1.54, 1.807) is 12.1 Å². The standard InChI is InChI=1S/C11H14ClNO/c1-2-3-4-9-8(7-12)5-6-10(14)11(9)13/h2,5-6,14H,1,3-4,7,13H2. The second kappa shape index (κ2) is 4.91. The molecule has 3 heteroatoms. The second-order valence-corrected chi connectivity index (χ2v) is 3.36. The maximum absolute atomic E-state index is 9.43. The number of aromatic hydroxyl groups is 1. The lowest BCUT2D eigenvalue weighted by Gasteiger charge is -2.10. The fourth-order valence-electron chi connectivity index (χ4n) is 1.36. The molecule has 0 bridgehead atoms. The first kappa shape index (κ1) is 10.9. The molecule has 76 valence electrons. The third kappa shape index (κ3) is 2.20. The van der Waals surface area contributed by atoms with Crippen LogP contribution in [-0.4, -0.2) is 5.11 Å². The maximum atomic E-state index is 9.43. The number of nitrogens with two attached hydrogens (primary N) is 1. The number of halogens is 1. The molecule has 0 spiro atoms. The fourth-order valence-corrected chi connectivity index (χ4v) is 1.61. The molecule has 1 aromatic carbocycles. The highest BCUT2D eigenvalue weighted by Gasteiger charge is 2.08. The average Bonchev–Trinajstić information content (AvgIpc) is 2.20. The number of phenols is 1. The number of hydrogen-bond donors (Lipinski definition) is 2. The summed E-state index contributed by atoms with van der Waals surface area (Å²) in [6.07, 6.45) is 3.42. The summed E-state index contributed by atoms with van der Waals surface area (Å²) < 4.78 is 0. The third-order valence-electron chi connectivity index (χ3n) is 2.17. The number of allylic oxidation sites excluding steroid dienone is 1. The molecule has 0 saturated heterocycles. The van der Waals surface area contributed by atoms with Gasteiger partial charge in [0.25, 0.3) is 0 Å². The Balaban J connectivity index is 3.07. The van der Waals surface area contributed by atoms with Gasteiger partial charge in [0.1, 0.15) is 5.75 Å². The zero-order valence-corrected chi connectivity index (χ0v) is 8.72. The van der Waals surface area contributed by atoms with Gasteiger partial charge >= 0.3 is 0 Å². The molecule has 0 fully saturated rings. The quantitative estimate of drug-likeness (QED) is 0.348. The van der Waals surface area contributed by atoms with Gasteiger partial charge in [-0.1, -0.05) is 12.1 Å². The zero-order chi connectivity index (χ0) is 10.6. The van der Waals surface area contributed by atoms with Gasteiger partial charge in [-0.05, 0) is 30.0 Å². The summed E-state index contributed by atoms with van der Waals surface area (Å²) in [7, 11) is 0. The summed E-state index contributed by atoms with van der Waals surface area (Å²) in [6, 6.07) is 3.38. The van der Waals surface area contributed by atoms with Crippen molar-refractivity contribution in [3.05, 3.63) is 35.9 Å². The van der Waals surface area contributed by atoms with Crippen LogP contribution in [0.1, 0.15) is 17.5 Å². The van der Waals surface area contributed by atoms with E-state index in [0.29, 0.717) is 11.6 Å². The van der Waals surface area contributed by atoms with E-state index in [1.807, 2.05) is 6.08 Å². The highest BCUT2D eigenvalue weighted by molar-refractivity contribution is 6.17. The van der Waals surface area contributed by atoms with Crippen molar-refractivity contribution in [1.29, 1.82) is 0 Å². The highest BCUT2D eigenvalue weighted by Crippen LogP contribution is 2.29. The third-order valence-corrected chi connectivity index (χ3v) is 2.46. The lowest BCUT2D eigenvalue weighted by atomic mass is 10.0. The van der Waals surface area contributed by atoms with Crippen molar-refractivity contribution in [3.8, 4) is 5.75 Å². The van der Waals surface area contributed by atoms with Crippen molar-refractivity contribution in [2.24, 2.45) is 0 Å². The molecular formula is C11H14ClNO. The molecule has 0 aromatic heterocycles. The summed E-state index contributed by atoms with van der Waals surface area (Å²) >= 11 is 5.77. The van der Waals surface area contributed by atoms with Crippen molar-refractivity contribution >= 4 is 17.3 Å².